The average molecular weight is 679 g/mol. The summed E-state index contributed by atoms with van der Waals surface area (Å²) in [6.07, 6.45) is 2.86. The van der Waals surface area contributed by atoms with E-state index in [1.807, 2.05) is 105 Å². The van der Waals surface area contributed by atoms with E-state index in [0.717, 1.165) is 48.8 Å². The average Bonchev–Trinajstić information content (AvgIpc) is 3.09. The van der Waals surface area contributed by atoms with Gasteiger partial charge in [0.05, 0.1) is 32.5 Å². The van der Waals surface area contributed by atoms with Gasteiger partial charge in [0.1, 0.15) is 24.4 Å². The van der Waals surface area contributed by atoms with Gasteiger partial charge in [-0.1, -0.05) is 138 Å². The van der Waals surface area contributed by atoms with Gasteiger partial charge in [0.25, 0.3) is 0 Å². The minimum absolute atomic E-state index is 0.0308. The van der Waals surface area contributed by atoms with Crippen LogP contribution >= 0.6 is 8.03 Å². The van der Waals surface area contributed by atoms with Gasteiger partial charge in [0.15, 0.2) is 14.3 Å². The molecule has 2 aliphatic rings. The molecule has 0 radical (unpaired) electrons. The van der Waals surface area contributed by atoms with Crippen LogP contribution in [0.1, 0.15) is 82.9 Å². The van der Waals surface area contributed by atoms with Crippen molar-refractivity contribution >= 4 is 8.03 Å². The van der Waals surface area contributed by atoms with E-state index < -0.39 is 43.9 Å². The maximum atomic E-state index is 14.2. The molecule has 8 heteroatoms. The monoisotopic (exact) mass is 678 g/mol. The summed E-state index contributed by atoms with van der Waals surface area (Å²) in [7, 11) is -2.58. The second kappa shape index (κ2) is 18.6. The van der Waals surface area contributed by atoms with Gasteiger partial charge in [-0.3, -0.25) is 4.57 Å². The summed E-state index contributed by atoms with van der Waals surface area (Å²) in [6, 6.07) is 30.3. The molecule has 0 bridgehead atoms. The fourth-order valence-electron chi connectivity index (χ4n) is 6.82. The van der Waals surface area contributed by atoms with Gasteiger partial charge in [-0.2, -0.15) is 0 Å². The Morgan fingerprint density at radius 1 is 0.729 bits per heavy atom. The van der Waals surface area contributed by atoms with Crippen molar-refractivity contribution in [2.24, 2.45) is 5.92 Å². The van der Waals surface area contributed by atoms with Crippen LogP contribution in [0.25, 0.3) is 0 Å². The van der Waals surface area contributed by atoms with Crippen LogP contribution in [0.5, 0.6) is 0 Å². The van der Waals surface area contributed by atoms with Crippen molar-refractivity contribution in [1.29, 1.82) is 0 Å². The van der Waals surface area contributed by atoms with E-state index in [2.05, 4.69) is 13.8 Å². The van der Waals surface area contributed by atoms with Crippen molar-refractivity contribution in [2.45, 2.75) is 128 Å². The zero-order valence-corrected chi connectivity index (χ0v) is 30.1. The van der Waals surface area contributed by atoms with E-state index in [1.54, 1.807) is 0 Å². The first-order valence-corrected chi connectivity index (χ1v) is 19.0. The third kappa shape index (κ3) is 11.1. The predicted molar refractivity (Wildman–Crippen MR) is 190 cm³/mol. The lowest BCUT2D eigenvalue weighted by atomic mass is 9.96. The summed E-state index contributed by atoms with van der Waals surface area (Å²) in [6.45, 7) is 9.74. The molecule has 1 aliphatic heterocycles. The van der Waals surface area contributed by atoms with Gasteiger partial charge in [0.2, 0.25) is 0 Å². The molecule has 0 N–H and O–H groups in total. The molecule has 5 rings (SSSR count). The first kappa shape index (κ1) is 36.9. The first-order chi connectivity index (χ1) is 23.3. The van der Waals surface area contributed by atoms with E-state index in [9.17, 15) is 4.57 Å². The van der Waals surface area contributed by atoms with E-state index in [-0.39, 0.29) is 12.7 Å². The van der Waals surface area contributed by atoms with E-state index in [1.165, 1.54) is 6.42 Å². The summed E-state index contributed by atoms with van der Waals surface area (Å²) in [5, 5.41) is -0.520. The highest BCUT2D eigenvalue weighted by Gasteiger charge is 2.51. The van der Waals surface area contributed by atoms with E-state index in [4.69, 9.17) is 28.2 Å². The normalized spacial score (nSPS) is 24.5. The molecule has 2 fully saturated rings. The lowest BCUT2D eigenvalue weighted by Crippen LogP contribution is -2.62. The smallest absolute Gasteiger partial charge is 0.197 e. The Bertz CT molecular complexity index is 1350. The van der Waals surface area contributed by atoms with Crippen molar-refractivity contribution in [3.05, 3.63) is 108 Å². The minimum atomic E-state index is -2.58. The molecular formula is C40H55O7P. The molecule has 1 heterocycles. The molecule has 7 nitrogen and oxygen atoms in total. The SMILES string of the molecule is CC(C)CC(C)(C)[PH](=O)O[C@H]1[C@@H](OC2CCCCC2)O[C@H](COCc2ccccc2)[C@@H](OCc2ccccc2)[C@@H]1OCc1ccccc1. The Kier molecular flexibility index (Phi) is 14.3. The summed E-state index contributed by atoms with van der Waals surface area (Å²) in [5.74, 6) is 0.368. The number of benzene rings is 3. The lowest BCUT2D eigenvalue weighted by Gasteiger charge is -2.47. The van der Waals surface area contributed by atoms with Crippen LogP contribution in [0.15, 0.2) is 91.0 Å². The molecular weight excluding hydrogens is 623 g/mol. The van der Waals surface area contributed by atoms with Crippen LogP contribution in [-0.2, 0) is 52.6 Å². The van der Waals surface area contributed by atoms with Crippen molar-refractivity contribution < 1.29 is 32.8 Å². The van der Waals surface area contributed by atoms with Crippen LogP contribution in [0.4, 0.5) is 0 Å². The highest BCUT2D eigenvalue weighted by atomic mass is 31.1. The van der Waals surface area contributed by atoms with Crippen LogP contribution < -0.4 is 0 Å². The molecule has 48 heavy (non-hydrogen) atoms. The predicted octanol–water partition coefficient (Wildman–Crippen LogP) is 9.13. The number of hydrogen-bond acceptors (Lipinski definition) is 7. The standard InChI is InChI=1S/C40H55O7P/c1-30(2)25-40(3,4)48(41)47-38-37(44-28-33-21-13-7-14-22-33)36(43-27-32-19-11-6-12-20-32)35(29-42-26-31-17-9-5-10-18-31)46-39(38)45-34-23-15-8-16-24-34/h5-7,9-14,17-22,30,34-39,48H,8,15-16,23-29H2,1-4H3/t35-,36-,37+,38-,39+/m1/s1. The molecule has 3 aromatic rings. The van der Waals surface area contributed by atoms with Gasteiger partial charge in [-0.05, 0) is 41.9 Å². The Labute approximate surface area is 288 Å². The second-order valence-electron chi connectivity index (χ2n) is 14.3. The maximum Gasteiger partial charge on any atom is 0.197 e. The third-order valence-electron chi connectivity index (χ3n) is 9.15. The van der Waals surface area contributed by atoms with Crippen molar-refractivity contribution in [3.8, 4) is 0 Å². The lowest BCUT2D eigenvalue weighted by molar-refractivity contribution is -0.323. The zero-order valence-electron chi connectivity index (χ0n) is 29.1. The minimum Gasteiger partial charge on any atom is -0.374 e. The first-order valence-electron chi connectivity index (χ1n) is 17.7. The molecule has 1 unspecified atom stereocenters. The molecule has 1 saturated heterocycles. The van der Waals surface area contributed by atoms with Crippen molar-refractivity contribution in [1.82, 2.24) is 0 Å². The number of rotatable bonds is 17. The Morgan fingerprint density at radius 3 is 1.79 bits per heavy atom. The van der Waals surface area contributed by atoms with Crippen molar-refractivity contribution in [2.75, 3.05) is 6.61 Å². The quantitative estimate of drug-likeness (QED) is 0.132. The molecule has 1 saturated carbocycles. The maximum absolute atomic E-state index is 14.2. The summed E-state index contributed by atoms with van der Waals surface area (Å²) < 4.78 is 54.2. The van der Waals surface area contributed by atoms with Gasteiger partial charge in [-0.25, -0.2) is 0 Å². The number of hydrogen-bond donors (Lipinski definition) is 0. The fraction of sp³-hybridized carbons (Fsp3) is 0.550. The molecule has 6 atom stereocenters. The van der Waals surface area contributed by atoms with Gasteiger partial charge >= 0.3 is 0 Å². The number of ether oxygens (including phenoxy) is 5. The van der Waals surface area contributed by atoms with Gasteiger partial charge in [-0.15, -0.1) is 0 Å². The topological polar surface area (TPSA) is 72.5 Å². The van der Waals surface area contributed by atoms with Crippen LogP contribution in [0.2, 0.25) is 0 Å². The fourth-order valence-corrected chi connectivity index (χ4v) is 8.20. The molecule has 0 amide bonds. The molecule has 0 aromatic heterocycles. The summed E-state index contributed by atoms with van der Waals surface area (Å²) in [4.78, 5) is 0. The van der Waals surface area contributed by atoms with E-state index >= 15 is 0 Å². The van der Waals surface area contributed by atoms with Gasteiger partial charge in [0, 0.05) is 5.16 Å². The molecule has 1 aliphatic carbocycles. The highest BCUT2D eigenvalue weighted by Crippen LogP contribution is 2.47. The zero-order chi connectivity index (χ0) is 33.8. The van der Waals surface area contributed by atoms with Crippen LogP contribution in [-0.4, -0.2) is 48.6 Å². The third-order valence-corrected chi connectivity index (χ3v) is 10.9. The molecule has 262 valence electrons. The summed E-state index contributed by atoms with van der Waals surface area (Å²) >= 11 is 0. The highest BCUT2D eigenvalue weighted by molar-refractivity contribution is 7.41. The van der Waals surface area contributed by atoms with Crippen LogP contribution in [0, 0.1) is 5.92 Å². The molecule has 0 spiro atoms. The summed E-state index contributed by atoms with van der Waals surface area (Å²) in [5.41, 5.74) is 3.14. The largest absolute Gasteiger partial charge is 0.374 e. The van der Waals surface area contributed by atoms with E-state index in [0.29, 0.717) is 25.7 Å². The Balaban J connectivity index is 1.47. The van der Waals surface area contributed by atoms with Gasteiger partial charge < -0.3 is 28.2 Å². The van der Waals surface area contributed by atoms with Crippen molar-refractivity contribution in [3.63, 3.8) is 0 Å². The van der Waals surface area contributed by atoms with Crippen LogP contribution in [0.3, 0.4) is 0 Å². The Hall–Kier alpha value is -2.35. The Morgan fingerprint density at radius 2 is 1.25 bits per heavy atom. The second-order valence-corrected chi connectivity index (χ2v) is 16.5. The molecule has 3 aromatic carbocycles.